The van der Waals surface area contributed by atoms with Gasteiger partial charge >= 0.3 is 0 Å². The van der Waals surface area contributed by atoms with E-state index in [4.69, 9.17) is 0 Å². The van der Waals surface area contributed by atoms with E-state index < -0.39 is 17.1 Å². The lowest BCUT2D eigenvalue weighted by Gasteiger charge is -2.14. The monoisotopic (exact) mass is 315 g/mol. The van der Waals surface area contributed by atoms with Gasteiger partial charge in [-0.25, -0.2) is 8.78 Å². The van der Waals surface area contributed by atoms with Gasteiger partial charge in [0.2, 0.25) is 0 Å². The second-order valence-electron chi connectivity index (χ2n) is 5.36. The van der Waals surface area contributed by atoms with Gasteiger partial charge in [0.05, 0.1) is 16.5 Å². The summed E-state index contributed by atoms with van der Waals surface area (Å²) >= 11 is 0. The van der Waals surface area contributed by atoms with E-state index in [1.54, 1.807) is 4.57 Å². The summed E-state index contributed by atoms with van der Waals surface area (Å²) in [6.07, 6.45) is 2.28. The van der Waals surface area contributed by atoms with Crippen LogP contribution in [0.1, 0.15) is 13.3 Å². The van der Waals surface area contributed by atoms with Crippen molar-refractivity contribution in [2.45, 2.75) is 19.9 Å². The first kappa shape index (κ1) is 15.2. The van der Waals surface area contributed by atoms with Crippen LogP contribution in [-0.2, 0) is 6.54 Å². The van der Waals surface area contributed by atoms with Gasteiger partial charge in [-0.15, -0.1) is 0 Å². The number of aromatic hydroxyl groups is 1. The van der Waals surface area contributed by atoms with Gasteiger partial charge in [0.15, 0.2) is 11.2 Å². The normalized spacial score (nSPS) is 11.1. The first-order valence-corrected chi connectivity index (χ1v) is 7.33. The summed E-state index contributed by atoms with van der Waals surface area (Å²) in [5.41, 5.74) is -0.210. The Morgan fingerprint density at radius 1 is 1.13 bits per heavy atom. The number of phenolic OH excluding ortho intramolecular Hbond substituents is 1. The van der Waals surface area contributed by atoms with Crippen molar-refractivity contribution in [1.29, 1.82) is 0 Å². The first-order valence-electron chi connectivity index (χ1n) is 7.33. The van der Waals surface area contributed by atoms with Crippen LogP contribution in [0.25, 0.3) is 22.0 Å². The minimum atomic E-state index is -0.799. The molecule has 0 aliphatic heterocycles. The van der Waals surface area contributed by atoms with Crippen molar-refractivity contribution in [3.63, 3.8) is 0 Å². The molecule has 3 nitrogen and oxygen atoms in total. The van der Waals surface area contributed by atoms with Gasteiger partial charge in [-0.3, -0.25) is 4.79 Å². The number of aryl methyl sites for hydroxylation is 1. The number of rotatable bonds is 3. The van der Waals surface area contributed by atoms with Gasteiger partial charge in [-0.05, 0) is 30.2 Å². The smallest absolute Gasteiger partial charge is 0.189 e. The number of phenols is 1. The third kappa shape index (κ3) is 2.59. The molecule has 0 saturated heterocycles. The van der Waals surface area contributed by atoms with Crippen LogP contribution in [0.15, 0.2) is 47.4 Å². The highest BCUT2D eigenvalue weighted by Crippen LogP contribution is 2.31. The molecule has 3 rings (SSSR count). The second-order valence-corrected chi connectivity index (χ2v) is 5.36. The summed E-state index contributed by atoms with van der Waals surface area (Å²) in [4.78, 5) is 12.0. The summed E-state index contributed by atoms with van der Waals surface area (Å²) in [5.74, 6) is -1.55. The molecule has 118 valence electrons. The fraction of sp³-hybridized carbons (Fsp3) is 0.167. The lowest BCUT2D eigenvalue weighted by molar-refractivity contribution is 0.475. The Labute approximate surface area is 131 Å². The van der Waals surface area contributed by atoms with Crippen LogP contribution in [0.5, 0.6) is 5.75 Å². The molecular formula is C18H15F2NO2. The van der Waals surface area contributed by atoms with E-state index >= 15 is 4.39 Å². The highest BCUT2D eigenvalue weighted by atomic mass is 19.1. The molecule has 1 heterocycles. The molecule has 0 spiro atoms. The molecule has 23 heavy (non-hydrogen) atoms. The van der Waals surface area contributed by atoms with Gasteiger partial charge in [0.25, 0.3) is 0 Å². The third-order valence-corrected chi connectivity index (χ3v) is 3.77. The fourth-order valence-corrected chi connectivity index (χ4v) is 2.72. The van der Waals surface area contributed by atoms with E-state index in [-0.39, 0.29) is 22.2 Å². The fourth-order valence-electron chi connectivity index (χ4n) is 2.72. The summed E-state index contributed by atoms with van der Waals surface area (Å²) in [6, 6.07) is 8.00. The minimum Gasteiger partial charge on any atom is -0.508 e. The zero-order valence-corrected chi connectivity index (χ0v) is 12.5. The van der Waals surface area contributed by atoms with Gasteiger partial charge in [-0.2, -0.15) is 0 Å². The zero-order chi connectivity index (χ0) is 16.6. The molecule has 0 amide bonds. The highest BCUT2D eigenvalue weighted by molar-refractivity contribution is 5.86. The number of hydrogen-bond donors (Lipinski definition) is 1. The molecular weight excluding hydrogens is 300 g/mol. The van der Waals surface area contributed by atoms with Crippen LogP contribution in [-0.4, -0.2) is 9.67 Å². The molecule has 0 radical (unpaired) electrons. The molecule has 0 bridgehead atoms. The Morgan fingerprint density at radius 2 is 1.83 bits per heavy atom. The average Bonchev–Trinajstić information content (AvgIpc) is 2.52. The molecule has 1 aromatic heterocycles. The Balaban J connectivity index is 2.38. The number of aromatic nitrogens is 1. The van der Waals surface area contributed by atoms with E-state index in [9.17, 15) is 14.3 Å². The van der Waals surface area contributed by atoms with Crippen LogP contribution in [0.2, 0.25) is 0 Å². The van der Waals surface area contributed by atoms with E-state index in [1.807, 2.05) is 6.92 Å². The highest BCUT2D eigenvalue weighted by Gasteiger charge is 2.19. The van der Waals surface area contributed by atoms with Gasteiger partial charge in [-0.1, -0.05) is 19.1 Å². The largest absolute Gasteiger partial charge is 0.508 e. The Hall–Kier alpha value is -2.69. The summed E-state index contributed by atoms with van der Waals surface area (Å²) in [6.45, 7) is 2.46. The molecule has 0 aliphatic carbocycles. The molecule has 0 fully saturated rings. The average molecular weight is 315 g/mol. The minimum absolute atomic E-state index is 0.0123. The van der Waals surface area contributed by atoms with Crippen molar-refractivity contribution in [3.05, 3.63) is 64.5 Å². The summed E-state index contributed by atoms with van der Waals surface area (Å²) < 4.78 is 31.1. The van der Waals surface area contributed by atoms with Crippen molar-refractivity contribution < 1.29 is 13.9 Å². The zero-order valence-electron chi connectivity index (χ0n) is 12.5. The number of hydrogen-bond acceptors (Lipinski definition) is 2. The van der Waals surface area contributed by atoms with Crippen molar-refractivity contribution in [3.8, 4) is 16.9 Å². The second kappa shape index (κ2) is 5.83. The van der Waals surface area contributed by atoms with E-state index in [0.29, 0.717) is 12.1 Å². The molecule has 0 atom stereocenters. The predicted molar refractivity (Wildman–Crippen MR) is 85.5 cm³/mol. The summed E-state index contributed by atoms with van der Waals surface area (Å²) in [7, 11) is 0. The van der Waals surface area contributed by atoms with Crippen molar-refractivity contribution >= 4 is 10.9 Å². The van der Waals surface area contributed by atoms with Gasteiger partial charge in [0.1, 0.15) is 11.6 Å². The summed E-state index contributed by atoms with van der Waals surface area (Å²) in [5, 5.41) is 9.36. The molecule has 5 heteroatoms. The van der Waals surface area contributed by atoms with Gasteiger partial charge < -0.3 is 9.67 Å². The Bertz CT molecular complexity index is 930. The van der Waals surface area contributed by atoms with Crippen LogP contribution < -0.4 is 5.43 Å². The molecule has 3 aromatic rings. The van der Waals surface area contributed by atoms with E-state index in [1.165, 1.54) is 36.5 Å². The molecule has 2 aromatic carbocycles. The maximum atomic E-state index is 15.0. The third-order valence-electron chi connectivity index (χ3n) is 3.77. The predicted octanol–water partition coefficient (Wildman–Crippen LogP) is 4.06. The van der Waals surface area contributed by atoms with Crippen molar-refractivity contribution in [2.75, 3.05) is 0 Å². The van der Waals surface area contributed by atoms with E-state index in [0.717, 1.165) is 12.5 Å². The van der Waals surface area contributed by atoms with Crippen LogP contribution >= 0.6 is 0 Å². The first-order chi connectivity index (χ1) is 11.0. The molecule has 0 saturated carbocycles. The van der Waals surface area contributed by atoms with Crippen molar-refractivity contribution in [2.24, 2.45) is 0 Å². The Morgan fingerprint density at radius 3 is 2.48 bits per heavy atom. The van der Waals surface area contributed by atoms with Crippen LogP contribution in [0.4, 0.5) is 8.78 Å². The lowest BCUT2D eigenvalue weighted by atomic mass is 10.0. The maximum Gasteiger partial charge on any atom is 0.189 e. The van der Waals surface area contributed by atoms with Crippen LogP contribution in [0.3, 0.4) is 0 Å². The molecule has 1 N–H and O–H groups in total. The number of nitrogens with zero attached hydrogens (tertiary/aromatic N) is 1. The number of pyridine rings is 1. The molecule has 0 unspecified atom stereocenters. The van der Waals surface area contributed by atoms with Crippen LogP contribution in [0, 0.1) is 11.6 Å². The quantitative estimate of drug-likeness (QED) is 0.792. The number of halogens is 2. The SMILES string of the molecule is CCCn1ccc(=O)c2cc(F)c(-c3ccc(O)cc3)c(F)c21. The van der Waals surface area contributed by atoms with E-state index in [2.05, 4.69) is 0 Å². The van der Waals surface area contributed by atoms with Gasteiger partial charge in [0, 0.05) is 18.8 Å². The maximum absolute atomic E-state index is 15.0. The standard InChI is InChI=1S/C18H15F2NO2/c1-2-8-21-9-7-15(23)13-10-14(19)16(17(20)18(13)21)11-3-5-12(22)6-4-11/h3-7,9-10,22H,2,8H2,1H3. The van der Waals surface area contributed by atoms with Crippen molar-refractivity contribution in [1.82, 2.24) is 4.57 Å². The molecule has 0 aliphatic rings. The topological polar surface area (TPSA) is 42.2 Å². The number of benzene rings is 2. The lowest BCUT2D eigenvalue weighted by Crippen LogP contribution is -2.11. The number of fused-ring (bicyclic) bond motifs is 1. The Kier molecular flexibility index (Phi) is 3.86.